The Balaban J connectivity index is 2.02. The molecule has 96 valence electrons. The molecule has 0 aromatic heterocycles. The summed E-state index contributed by atoms with van der Waals surface area (Å²) >= 11 is 0. The topological polar surface area (TPSA) is 26.3 Å². The summed E-state index contributed by atoms with van der Waals surface area (Å²) in [5.74, 6) is -1.62. The number of ketones is 1. The molecule has 1 aliphatic rings. The molecule has 0 N–H and O–H groups in total. The number of hydrogen-bond acceptors (Lipinski definition) is 2. The average Bonchev–Trinajstić information content (AvgIpc) is 2.42. The average molecular weight is 260 g/mol. The van der Waals surface area contributed by atoms with Gasteiger partial charge in [0.2, 0.25) is 0 Å². The fourth-order valence-corrected chi connectivity index (χ4v) is 2.22. The lowest BCUT2D eigenvalue weighted by Gasteiger charge is -2.25. The molecule has 0 spiro atoms. The van der Waals surface area contributed by atoms with E-state index in [0.29, 0.717) is 11.3 Å². The van der Waals surface area contributed by atoms with Crippen molar-refractivity contribution in [1.29, 1.82) is 0 Å². The predicted octanol–water partition coefficient (Wildman–Crippen LogP) is 3.67. The van der Waals surface area contributed by atoms with E-state index in [1.165, 1.54) is 12.1 Å². The largest absolute Gasteiger partial charge is 0.484 e. The summed E-state index contributed by atoms with van der Waals surface area (Å²) in [6.07, 6.45) is -0.768. The quantitative estimate of drug-likeness (QED) is 0.782. The van der Waals surface area contributed by atoms with E-state index < -0.39 is 17.7 Å². The van der Waals surface area contributed by atoms with Gasteiger partial charge in [0.05, 0.1) is 12.0 Å². The van der Waals surface area contributed by atoms with Gasteiger partial charge in [-0.1, -0.05) is 24.3 Å². The first-order valence-corrected chi connectivity index (χ1v) is 5.89. The van der Waals surface area contributed by atoms with E-state index in [1.54, 1.807) is 24.3 Å². The van der Waals surface area contributed by atoms with E-state index in [9.17, 15) is 13.6 Å². The van der Waals surface area contributed by atoms with Crippen molar-refractivity contribution in [1.82, 2.24) is 0 Å². The van der Waals surface area contributed by atoms with Crippen LogP contribution in [0.25, 0.3) is 0 Å². The van der Waals surface area contributed by atoms with Gasteiger partial charge in [0.25, 0.3) is 0 Å². The number of hydrogen-bond donors (Lipinski definition) is 0. The first kappa shape index (κ1) is 11.8. The van der Waals surface area contributed by atoms with Crippen LogP contribution in [0.1, 0.15) is 28.4 Å². The zero-order chi connectivity index (χ0) is 13.4. The third-order valence-electron chi connectivity index (χ3n) is 3.16. The molecule has 4 heteroatoms. The lowest BCUT2D eigenvalue weighted by molar-refractivity contribution is 0.0845. The Hall–Kier alpha value is -2.23. The Morgan fingerprint density at radius 1 is 1.05 bits per heavy atom. The maximum Gasteiger partial charge on any atom is 0.170 e. The van der Waals surface area contributed by atoms with Crippen LogP contribution in [0.5, 0.6) is 5.75 Å². The Morgan fingerprint density at radius 3 is 2.68 bits per heavy atom. The van der Waals surface area contributed by atoms with E-state index >= 15 is 0 Å². The first-order valence-electron chi connectivity index (χ1n) is 5.89. The monoisotopic (exact) mass is 260 g/mol. The highest BCUT2D eigenvalue weighted by molar-refractivity contribution is 5.99. The normalized spacial score (nSPS) is 17.8. The van der Waals surface area contributed by atoms with Gasteiger partial charge in [-0.2, -0.15) is 0 Å². The molecule has 0 fully saturated rings. The van der Waals surface area contributed by atoms with Crippen molar-refractivity contribution in [3.8, 4) is 5.75 Å². The molecule has 3 rings (SSSR count). The number of Topliss-reactive ketones (excluding diaryl/α,β-unsaturated/α-hetero) is 1. The van der Waals surface area contributed by atoms with Crippen LogP contribution in [0.4, 0.5) is 8.78 Å². The van der Waals surface area contributed by atoms with Crippen LogP contribution >= 0.6 is 0 Å². The van der Waals surface area contributed by atoms with Crippen molar-refractivity contribution < 1.29 is 18.3 Å². The number of carbonyl (C=O) groups excluding carboxylic acids is 1. The minimum Gasteiger partial charge on any atom is -0.484 e. The van der Waals surface area contributed by atoms with E-state index in [4.69, 9.17) is 4.74 Å². The molecule has 0 bridgehead atoms. The SMILES string of the molecule is O=C1CC(c2cccc(F)c2F)Oc2ccccc21. The number of halogens is 2. The number of benzene rings is 2. The van der Waals surface area contributed by atoms with Crippen molar-refractivity contribution in [2.45, 2.75) is 12.5 Å². The smallest absolute Gasteiger partial charge is 0.170 e. The highest BCUT2D eigenvalue weighted by Crippen LogP contribution is 2.35. The first-order chi connectivity index (χ1) is 9.16. The van der Waals surface area contributed by atoms with Crippen molar-refractivity contribution in [2.24, 2.45) is 0 Å². The Labute approximate surface area is 108 Å². The molecule has 1 unspecified atom stereocenters. The van der Waals surface area contributed by atoms with Crippen LogP contribution in [0.15, 0.2) is 42.5 Å². The van der Waals surface area contributed by atoms with Gasteiger partial charge in [-0.3, -0.25) is 4.79 Å². The molecule has 1 heterocycles. The second-order valence-electron chi connectivity index (χ2n) is 4.37. The van der Waals surface area contributed by atoms with Crippen molar-refractivity contribution in [2.75, 3.05) is 0 Å². The molecular weight excluding hydrogens is 250 g/mol. The summed E-state index contributed by atoms with van der Waals surface area (Å²) in [6.45, 7) is 0. The van der Waals surface area contributed by atoms with Crippen molar-refractivity contribution in [3.05, 3.63) is 65.2 Å². The van der Waals surface area contributed by atoms with E-state index in [-0.39, 0.29) is 17.8 Å². The van der Waals surface area contributed by atoms with Gasteiger partial charge in [0.1, 0.15) is 11.9 Å². The van der Waals surface area contributed by atoms with Gasteiger partial charge in [-0.25, -0.2) is 8.78 Å². The van der Waals surface area contributed by atoms with Crippen LogP contribution in [-0.4, -0.2) is 5.78 Å². The number of para-hydroxylation sites is 1. The highest BCUT2D eigenvalue weighted by atomic mass is 19.2. The fourth-order valence-electron chi connectivity index (χ4n) is 2.22. The number of ether oxygens (including phenoxy) is 1. The van der Waals surface area contributed by atoms with Crippen LogP contribution in [0.3, 0.4) is 0 Å². The zero-order valence-electron chi connectivity index (χ0n) is 9.90. The standard InChI is InChI=1S/C15H10F2O2/c16-11-6-3-5-10(15(11)17)14-8-12(18)9-4-1-2-7-13(9)19-14/h1-7,14H,8H2. The molecule has 0 aliphatic carbocycles. The van der Waals surface area contributed by atoms with Crippen LogP contribution < -0.4 is 4.74 Å². The molecular formula is C15H10F2O2. The maximum absolute atomic E-state index is 13.7. The second kappa shape index (κ2) is 4.46. The molecule has 0 saturated heterocycles. The minimum absolute atomic E-state index is 0.0113. The molecule has 1 aliphatic heterocycles. The fraction of sp³-hybridized carbons (Fsp3) is 0.133. The third kappa shape index (κ3) is 1.99. The Kier molecular flexibility index (Phi) is 2.78. The van der Waals surface area contributed by atoms with Crippen LogP contribution in [-0.2, 0) is 0 Å². The van der Waals surface area contributed by atoms with Gasteiger partial charge >= 0.3 is 0 Å². The molecule has 0 radical (unpaired) electrons. The molecule has 2 nitrogen and oxygen atoms in total. The van der Waals surface area contributed by atoms with E-state index in [2.05, 4.69) is 0 Å². The zero-order valence-corrected chi connectivity index (χ0v) is 9.90. The predicted molar refractivity (Wildman–Crippen MR) is 65.1 cm³/mol. The number of rotatable bonds is 1. The van der Waals surface area contributed by atoms with E-state index in [1.807, 2.05) is 0 Å². The molecule has 1 atom stereocenters. The maximum atomic E-state index is 13.7. The van der Waals surface area contributed by atoms with Crippen molar-refractivity contribution in [3.63, 3.8) is 0 Å². The highest BCUT2D eigenvalue weighted by Gasteiger charge is 2.29. The summed E-state index contributed by atoms with van der Waals surface area (Å²) in [6, 6.07) is 10.7. The summed E-state index contributed by atoms with van der Waals surface area (Å²) in [5, 5.41) is 0. The Bertz CT molecular complexity index is 652. The number of carbonyl (C=O) groups is 1. The van der Waals surface area contributed by atoms with E-state index in [0.717, 1.165) is 6.07 Å². The molecule has 2 aromatic carbocycles. The Morgan fingerprint density at radius 2 is 1.84 bits per heavy atom. The van der Waals surface area contributed by atoms with Crippen LogP contribution in [0, 0.1) is 11.6 Å². The summed E-state index contributed by atoms with van der Waals surface area (Å²) in [5.41, 5.74) is 0.554. The van der Waals surface area contributed by atoms with Crippen molar-refractivity contribution >= 4 is 5.78 Å². The molecule has 2 aromatic rings. The lowest BCUT2D eigenvalue weighted by atomic mass is 9.96. The van der Waals surface area contributed by atoms with Gasteiger partial charge in [0, 0.05) is 5.56 Å². The minimum atomic E-state index is -0.959. The van der Waals surface area contributed by atoms with Gasteiger partial charge in [-0.05, 0) is 18.2 Å². The second-order valence-corrected chi connectivity index (χ2v) is 4.37. The van der Waals surface area contributed by atoms with Gasteiger partial charge in [-0.15, -0.1) is 0 Å². The number of fused-ring (bicyclic) bond motifs is 1. The summed E-state index contributed by atoms with van der Waals surface area (Å²) < 4.78 is 32.5. The third-order valence-corrected chi connectivity index (χ3v) is 3.16. The molecule has 19 heavy (non-hydrogen) atoms. The van der Waals surface area contributed by atoms with Gasteiger partial charge in [0.15, 0.2) is 17.4 Å². The van der Waals surface area contributed by atoms with Crippen LogP contribution in [0.2, 0.25) is 0 Å². The molecule has 0 saturated carbocycles. The summed E-state index contributed by atoms with van der Waals surface area (Å²) in [7, 11) is 0. The summed E-state index contributed by atoms with van der Waals surface area (Å²) in [4.78, 5) is 12.0. The van der Waals surface area contributed by atoms with Gasteiger partial charge < -0.3 is 4.74 Å². The lowest BCUT2D eigenvalue weighted by Crippen LogP contribution is -2.21. The molecule has 0 amide bonds.